The molecule has 2 heterocycles. The second-order valence-corrected chi connectivity index (χ2v) is 6.13. The van der Waals surface area contributed by atoms with Gasteiger partial charge in [0.25, 0.3) is 5.91 Å². The number of thiophene rings is 1. The molecule has 5 nitrogen and oxygen atoms in total. The Hall–Kier alpha value is -1.25. The van der Waals surface area contributed by atoms with Crippen LogP contribution in [0.4, 0.5) is 5.00 Å². The average molecular weight is 300 g/mol. The molecule has 1 saturated heterocycles. The minimum atomic E-state index is -0.445. The van der Waals surface area contributed by atoms with Gasteiger partial charge < -0.3 is 0 Å². The van der Waals surface area contributed by atoms with Crippen LogP contribution in [0, 0.1) is 10.1 Å². The predicted octanol–water partition coefficient (Wildman–Crippen LogP) is 2.88. The summed E-state index contributed by atoms with van der Waals surface area (Å²) in [7, 11) is 0. The Balaban J connectivity index is 2.26. The van der Waals surface area contributed by atoms with Crippen LogP contribution >= 0.6 is 35.3 Å². The number of likely N-dealkylation sites (N-methyl/N-ethyl adjacent to an activating group) is 1. The summed E-state index contributed by atoms with van der Waals surface area (Å²) in [5.74, 6) is -0.136. The predicted molar refractivity (Wildman–Crippen MR) is 76.5 cm³/mol. The molecule has 2 rings (SSSR count). The molecular weight excluding hydrogens is 292 g/mol. The van der Waals surface area contributed by atoms with Crippen LogP contribution in [0.15, 0.2) is 17.0 Å². The Morgan fingerprint density at radius 3 is 2.78 bits per heavy atom. The molecule has 0 unspecified atom stereocenters. The normalized spacial score (nSPS) is 17.8. The van der Waals surface area contributed by atoms with Crippen LogP contribution in [-0.2, 0) is 4.79 Å². The van der Waals surface area contributed by atoms with Crippen molar-refractivity contribution in [3.8, 4) is 0 Å². The molecule has 1 aliphatic heterocycles. The van der Waals surface area contributed by atoms with E-state index in [1.165, 1.54) is 22.7 Å². The molecule has 0 atom stereocenters. The quantitative estimate of drug-likeness (QED) is 0.372. The SMILES string of the molecule is CCN1C(=O)/C(=C/c2ccc([N+](=O)[O-])s2)SC1=S. The molecule has 0 N–H and O–H groups in total. The van der Waals surface area contributed by atoms with Crippen LogP contribution in [0.3, 0.4) is 0 Å². The number of carbonyl (C=O) groups is 1. The van der Waals surface area contributed by atoms with Gasteiger partial charge in [-0.15, -0.1) is 0 Å². The van der Waals surface area contributed by atoms with E-state index in [0.717, 1.165) is 11.3 Å². The summed E-state index contributed by atoms with van der Waals surface area (Å²) < 4.78 is 0.528. The molecular formula is C10H8N2O3S3. The van der Waals surface area contributed by atoms with Gasteiger partial charge in [0.15, 0.2) is 0 Å². The zero-order chi connectivity index (χ0) is 13.3. The van der Waals surface area contributed by atoms with Gasteiger partial charge in [-0.25, -0.2) is 0 Å². The van der Waals surface area contributed by atoms with E-state index in [1.54, 1.807) is 12.1 Å². The summed E-state index contributed by atoms with van der Waals surface area (Å²) in [6.45, 7) is 2.39. The van der Waals surface area contributed by atoms with Crippen molar-refractivity contribution in [3.05, 3.63) is 32.0 Å². The Labute approximate surface area is 117 Å². The largest absolute Gasteiger partial charge is 0.324 e. The third-order valence-corrected chi connectivity index (χ3v) is 4.62. The number of nitro groups is 1. The first-order valence-corrected chi connectivity index (χ1v) is 7.06. The standard InChI is InChI=1S/C10H8N2O3S3/c1-2-11-9(13)7(18-10(11)16)5-6-3-4-8(17-6)12(14)15/h3-5H,2H2,1H3/b7-5-. The lowest BCUT2D eigenvalue weighted by Crippen LogP contribution is -2.27. The van der Waals surface area contributed by atoms with E-state index in [1.807, 2.05) is 6.92 Å². The third-order valence-electron chi connectivity index (χ3n) is 2.26. The van der Waals surface area contributed by atoms with Crippen molar-refractivity contribution in [2.24, 2.45) is 0 Å². The van der Waals surface area contributed by atoms with Crippen LogP contribution in [0.1, 0.15) is 11.8 Å². The van der Waals surface area contributed by atoms with E-state index in [0.29, 0.717) is 20.6 Å². The molecule has 0 saturated carbocycles. The summed E-state index contributed by atoms with van der Waals surface area (Å²) in [5.41, 5.74) is 0. The fourth-order valence-corrected chi connectivity index (χ4v) is 3.63. The van der Waals surface area contributed by atoms with Crippen LogP contribution in [-0.4, -0.2) is 26.6 Å². The number of hydrogen-bond donors (Lipinski definition) is 0. The van der Waals surface area contributed by atoms with Crippen LogP contribution in [0.2, 0.25) is 0 Å². The first-order valence-electron chi connectivity index (χ1n) is 5.02. The highest BCUT2D eigenvalue weighted by Gasteiger charge is 2.30. The van der Waals surface area contributed by atoms with Gasteiger partial charge in [-0.3, -0.25) is 19.8 Å². The number of amides is 1. The Morgan fingerprint density at radius 2 is 2.28 bits per heavy atom. The maximum Gasteiger partial charge on any atom is 0.324 e. The molecule has 0 radical (unpaired) electrons. The zero-order valence-electron chi connectivity index (χ0n) is 9.28. The second kappa shape index (κ2) is 5.17. The van der Waals surface area contributed by atoms with Gasteiger partial charge in [0.05, 0.1) is 9.83 Å². The monoisotopic (exact) mass is 300 g/mol. The maximum absolute atomic E-state index is 11.9. The van der Waals surface area contributed by atoms with Crippen molar-refractivity contribution in [2.45, 2.75) is 6.92 Å². The smallest absolute Gasteiger partial charge is 0.293 e. The Morgan fingerprint density at radius 1 is 1.56 bits per heavy atom. The summed E-state index contributed by atoms with van der Waals surface area (Å²) >= 11 is 7.34. The lowest BCUT2D eigenvalue weighted by Gasteiger charge is -2.09. The van der Waals surface area contributed by atoms with Crippen molar-refractivity contribution in [1.82, 2.24) is 4.90 Å². The molecule has 1 aliphatic rings. The Bertz CT molecular complexity index is 564. The van der Waals surface area contributed by atoms with Gasteiger partial charge in [-0.1, -0.05) is 35.3 Å². The fourth-order valence-electron chi connectivity index (χ4n) is 1.42. The molecule has 1 aromatic rings. The van der Waals surface area contributed by atoms with Gasteiger partial charge >= 0.3 is 5.00 Å². The van der Waals surface area contributed by atoms with Crippen LogP contribution in [0.25, 0.3) is 6.08 Å². The number of nitrogens with zero attached hydrogens (tertiary/aromatic N) is 2. The van der Waals surface area contributed by atoms with Crippen molar-refractivity contribution in [2.75, 3.05) is 6.54 Å². The molecule has 0 bridgehead atoms. The van der Waals surface area contributed by atoms with Crippen LogP contribution in [0.5, 0.6) is 0 Å². The number of carbonyl (C=O) groups excluding carboxylic acids is 1. The van der Waals surface area contributed by atoms with Gasteiger partial charge in [0.1, 0.15) is 4.32 Å². The van der Waals surface area contributed by atoms with Crippen molar-refractivity contribution in [3.63, 3.8) is 0 Å². The molecule has 0 aromatic carbocycles. The van der Waals surface area contributed by atoms with Gasteiger partial charge in [0, 0.05) is 17.5 Å². The number of thioether (sulfide) groups is 1. The molecule has 0 spiro atoms. The van der Waals surface area contributed by atoms with E-state index in [9.17, 15) is 14.9 Å². The highest BCUT2D eigenvalue weighted by Crippen LogP contribution is 2.34. The molecule has 0 aliphatic carbocycles. The van der Waals surface area contributed by atoms with Gasteiger partial charge in [0.2, 0.25) is 0 Å². The maximum atomic E-state index is 11.9. The Kier molecular flexibility index (Phi) is 3.79. The van der Waals surface area contributed by atoms with Crippen molar-refractivity contribution >= 4 is 56.6 Å². The molecule has 18 heavy (non-hydrogen) atoms. The van der Waals surface area contributed by atoms with Gasteiger partial charge in [-0.2, -0.15) is 0 Å². The van der Waals surface area contributed by atoms with Gasteiger partial charge in [-0.05, 0) is 19.1 Å². The molecule has 1 fully saturated rings. The van der Waals surface area contributed by atoms with E-state index in [-0.39, 0.29) is 10.9 Å². The topological polar surface area (TPSA) is 63.5 Å². The molecule has 1 aromatic heterocycles. The number of rotatable bonds is 3. The van der Waals surface area contributed by atoms with E-state index in [4.69, 9.17) is 12.2 Å². The first-order chi connectivity index (χ1) is 8.52. The van der Waals surface area contributed by atoms with E-state index in [2.05, 4.69) is 0 Å². The highest BCUT2D eigenvalue weighted by molar-refractivity contribution is 8.26. The fraction of sp³-hybridized carbons (Fsp3) is 0.200. The van der Waals surface area contributed by atoms with Crippen molar-refractivity contribution < 1.29 is 9.72 Å². The number of thiocarbonyl (C=S) groups is 1. The third kappa shape index (κ3) is 2.45. The van der Waals surface area contributed by atoms with Crippen LogP contribution < -0.4 is 0 Å². The summed E-state index contributed by atoms with van der Waals surface area (Å²) in [5, 5.41) is 10.6. The minimum absolute atomic E-state index is 0.0622. The molecule has 8 heteroatoms. The summed E-state index contributed by atoms with van der Waals surface area (Å²) in [4.78, 5) is 24.7. The van der Waals surface area contributed by atoms with E-state index < -0.39 is 4.92 Å². The summed E-state index contributed by atoms with van der Waals surface area (Å²) in [6, 6.07) is 3.05. The first kappa shape index (κ1) is 13.2. The average Bonchev–Trinajstić information content (AvgIpc) is 2.86. The number of hydrogen-bond acceptors (Lipinski definition) is 6. The molecule has 94 valence electrons. The summed E-state index contributed by atoms with van der Waals surface area (Å²) in [6.07, 6.45) is 1.65. The lowest BCUT2D eigenvalue weighted by molar-refractivity contribution is -0.380. The lowest BCUT2D eigenvalue weighted by atomic mass is 10.4. The second-order valence-electron chi connectivity index (χ2n) is 3.36. The zero-order valence-corrected chi connectivity index (χ0v) is 11.7. The molecule has 1 amide bonds. The highest BCUT2D eigenvalue weighted by atomic mass is 32.2. The van der Waals surface area contributed by atoms with Crippen molar-refractivity contribution in [1.29, 1.82) is 0 Å². The minimum Gasteiger partial charge on any atom is -0.293 e. The van der Waals surface area contributed by atoms with E-state index >= 15 is 0 Å².